The number of piperidine rings is 1. The van der Waals surface area contributed by atoms with E-state index in [4.69, 9.17) is 9.47 Å². The largest absolute Gasteiger partial charge is 0.379 e. The molecule has 7 heteroatoms. The van der Waals surface area contributed by atoms with Crippen LogP contribution in [0.5, 0.6) is 0 Å². The topological polar surface area (TPSA) is 59.1 Å². The van der Waals surface area contributed by atoms with Crippen LogP contribution in [0, 0.1) is 0 Å². The highest BCUT2D eigenvalue weighted by molar-refractivity contribution is 7.86. The number of methoxy groups -OCH3 is 1. The minimum Gasteiger partial charge on any atom is -0.379 e. The first-order chi connectivity index (χ1) is 8.39. The van der Waals surface area contributed by atoms with Crippen LogP contribution in [0.3, 0.4) is 0 Å². The first-order valence-electron chi connectivity index (χ1n) is 6.24. The minimum absolute atomic E-state index is 0.0898. The van der Waals surface area contributed by atoms with Gasteiger partial charge in [-0.2, -0.15) is 17.0 Å². The van der Waals surface area contributed by atoms with Crippen LogP contribution in [0.25, 0.3) is 0 Å². The highest BCUT2D eigenvalue weighted by atomic mass is 32.2. The fraction of sp³-hybridized carbons (Fsp3) is 1.00. The minimum atomic E-state index is -3.34. The number of rotatable bonds is 3. The number of hydrogen-bond acceptors (Lipinski definition) is 4. The third kappa shape index (κ3) is 2.55. The quantitative estimate of drug-likeness (QED) is 0.732. The second-order valence-electron chi connectivity index (χ2n) is 5.28. The Hall–Kier alpha value is -0.210. The predicted molar refractivity (Wildman–Crippen MR) is 67.5 cm³/mol. The van der Waals surface area contributed by atoms with Crippen LogP contribution < -0.4 is 0 Å². The first kappa shape index (κ1) is 14.2. The van der Waals surface area contributed by atoms with Crippen molar-refractivity contribution in [1.29, 1.82) is 0 Å². The normalized spacial score (nSPS) is 34.6. The van der Waals surface area contributed by atoms with Gasteiger partial charge >= 0.3 is 0 Å². The van der Waals surface area contributed by atoms with Gasteiger partial charge in [-0.15, -0.1) is 0 Å². The van der Waals surface area contributed by atoms with Gasteiger partial charge in [0.2, 0.25) is 0 Å². The summed E-state index contributed by atoms with van der Waals surface area (Å²) in [7, 11) is 1.45. The summed E-state index contributed by atoms with van der Waals surface area (Å²) in [6, 6.07) is 0. The van der Waals surface area contributed by atoms with Crippen LogP contribution in [-0.2, 0) is 19.7 Å². The summed E-state index contributed by atoms with van der Waals surface area (Å²) in [5.74, 6) is 0. The number of hydrogen-bond donors (Lipinski definition) is 0. The summed E-state index contributed by atoms with van der Waals surface area (Å²) in [6.45, 7) is 1.57. The summed E-state index contributed by atoms with van der Waals surface area (Å²) in [5, 5.41) is 0. The van der Waals surface area contributed by atoms with Crippen molar-refractivity contribution < 1.29 is 17.9 Å². The lowest BCUT2D eigenvalue weighted by atomic mass is 9.90. The van der Waals surface area contributed by atoms with E-state index in [1.165, 1.54) is 8.61 Å². The molecule has 0 aromatic carbocycles. The first-order valence-corrected chi connectivity index (χ1v) is 7.64. The Morgan fingerprint density at radius 1 is 1.44 bits per heavy atom. The smallest absolute Gasteiger partial charge is 0.281 e. The SMILES string of the molecule is CO[C@H]1CO[C@@]2(CCCN(S(=O)(=O)N(C)C)C2)C1. The molecule has 2 fully saturated rings. The third-order valence-electron chi connectivity index (χ3n) is 3.80. The molecule has 0 aromatic rings. The molecule has 0 unspecified atom stereocenters. The van der Waals surface area contributed by atoms with E-state index >= 15 is 0 Å². The van der Waals surface area contributed by atoms with E-state index in [0.717, 1.165) is 19.3 Å². The van der Waals surface area contributed by atoms with E-state index in [2.05, 4.69) is 0 Å². The van der Waals surface area contributed by atoms with Crippen molar-refractivity contribution in [2.24, 2.45) is 0 Å². The molecule has 0 aliphatic carbocycles. The molecule has 0 bridgehead atoms. The molecule has 2 saturated heterocycles. The summed E-state index contributed by atoms with van der Waals surface area (Å²) >= 11 is 0. The zero-order valence-electron chi connectivity index (χ0n) is 11.3. The van der Waals surface area contributed by atoms with E-state index in [1.807, 2.05) is 0 Å². The highest BCUT2D eigenvalue weighted by Crippen LogP contribution is 2.36. The monoisotopic (exact) mass is 278 g/mol. The Balaban J connectivity index is 2.10. The molecule has 18 heavy (non-hydrogen) atoms. The van der Waals surface area contributed by atoms with E-state index in [9.17, 15) is 8.42 Å². The van der Waals surface area contributed by atoms with Crippen molar-refractivity contribution in [2.75, 3.05) is 40.9 Å². The van der Waals surface area contributed by atoms with Gasteiger partial charge in [0.15, 0.2) is 0 Å². The lowest BCUT2D eigenvalue weighted by Crippen LogP contribution is -2.52. The molecule has 0 radical (unpaired) electrons. The summed E-state index contributed by atoms with van der Waals surface area (Å²) in [5.41, 5.74) is -0.345. The van der Waals surface area contributed by atoms with Gasteiger partial charge < -0.3 is 9.47 Å². The van der Waals surface area contributed by atoms with Crippen LogP contribution in [0.1, 0.15) is 19.3 Å². The van der Waals surface area contributed by atoms with Crippen molar-refractivity contribution in [2.45, 2.75) is 31.0 Å². The third-order valence-corrected chi connectivity index (χ3v) is 5.69. The molecule has 0 N–H and O–H groups in total. The van der Waals surface area contributed by atoms with Gasteiger partial charge in [0, 0.05) is 40.7 Å². The van der Waals surface area contributed by atoms with Gasteiger partial charge in [-0.25, -0.2) is 0 Å². The van der Waals surface area contributed by atoms with Crippen LogP contribution in [-0.4, -0.2) is 69.6 Å². The standard InChI is InChI=1S/C11H22N2O4S/c1-12(2)18(14,15)13-6-4-5-11(9-13)7-10(16-3)8-17-11/h10H,4-9H2,1-3H3/t10-,11+/m1/s1. The predicted octanol–water partition coefficient (Wildman–Crippen LogP) is 0.0627. The Labute approximate surface area is 109 Å². The van der Waals surface area contributed by atoms with Crippen molar-refractivity contribution in [1.82, 2.24) is 8.61 Å². The van der Waals surface area contributed by atoms with Crippen LogP contribution in [0.4, 0.5) is 0 Å². The fourth-order valence-electron chi connectivity index (χ4n) is 2.72. The van der Waals surface area contributed by atoms with E-state index < -0.39 is 10.2 Å². The van der Waals surface area contributed by atoms with Gasteiger partial charge in [-0.05, 0) is 12.8 Å². The fourth-order valence-corrected chi connectivity index (χ4v) is 3.94. The molecule has 106 valence electrons. The zero-order chi connectivity index (χ0) is 13.4. The van der Waals surface area contributed by atoms with E-state index in [-0.39, 0.29) is 11.7 Å². The Morgan fingerprint density at radius 2 is 2.17 bits per heavy atom. The van der Waals surface area contributed by atoms with Gasteiger partial charge in [-0.1, -0.05) is 0 Å². The molecular formula is C11H22N2O4S. The maximum atomic E-state index is 12.1. The lowest BCUT2D eigenvalue weighted by molar-refractivity contribution is -0.0354. The van der Waals surface area contributed by atoms with Crippen molar-refractivity contribution >= 4 is 10.2 Å². The Kier molecular flexibility index (Phi) is 3.99. The Bertz CT molecular complexity index is 398. The number of nitrogens with zero attached hydrogens (tertiary/aromatic N) is 2. The molecule has 2 rings (SSSR count). The summed E-state index contributed by atoms with van der Waals surface area (Å²) < 4.78 is 38.2. The van der Waals surface area contributed by atoms with Gasteiger partial charge in [-0.3, -0.25) is 0 Å². The van der Waals surface area contributed by atoms with Gasteiger partial charge in [0.25, 0.3) is 10.2 Å². The van der Waals surface area contributed by atoms with Crippen molar-refractivity contribution in [3.63, 3.8) is 0 Å². The molecule has 0 aromatic heterocycles. The maximum absolute atomic E-state index is 12.1. The van der Waals surface area contributed by atoms with Crippen LogP contribution >= 0.6 is 0 Å². The van der Waals surface area contributed by atoms with Crippen molar-refractivity contribution in [3.05, 3.63) is 0 Å². The molecule has 2 aliphatic heterocycles. The summed E-state index contributed by atoms with van der Waals surface area (Å²) in [6.07, 6.45) is 2.62. The second-order valence-corrected chi connectivity index (χ2v) is 7.43. The van der Waals surface area contributed by atoms with Gasteiger partial charge in [0.05, 0.1) is 18.3 Å². The molecule has 1 spiro atoms. The molecule has 2 heterocycles. The van der Waals surface area contributed by atoms with E-state index in [1.54, 1.807) is 21.2 Å². The van der Waals surface area contributed by atoms with E-state index in [0.29, 0.717) is 19.7 Å². The molecule has 6 nitrogen and oxygen atoms in total. The van der Waals surface area contributed by atoms with Gasteiger partial charge in [0.1, 0.15) is 0 Å². The maximum Gasteiger partial charge on any atom is 0.281 e. The van der Waals surface area contributed by atoms with Crippen molar-refractivity contribution in [3.8, 4) is 0 Å². The average Bonchev–Trinajstić information content (AvgIpc) is 2.72. The highest BCUT2D eigenvalue weighted by Gasteiger charge is 2.46. The number of ether oxygens (including phenoxy) is 2. The average molecular weight is 278 g/mol. The summed E-state index contributed by atoms with van der Waals surface area (Å²) in [4.78, 5) is 0. The lowest BCUT2D eigenvalue weighted by Gasteiger charge is -2.39. The molecule has 0 amide bonds. The van der Waals surface area contributed by atoms with Crippen LogP contribution in [0.2, 0.25) is 0 Å². The molecular weight excluding hydrogens is 256 g/mol. The molecule has 2 aliphatic rings. The Morgan fingerprint density at radius 3 is 2.72 bits per heavy atom. The molecule has 2 atom stereocenters. The van der Waals surface area contributed by atoms with Crippen LogP contribution in [0.15, 0.2) is 0 Å². The zero-order valence-corrected chi connectivity index (χ0v) is 12.1. The molecule has 0 saturated carbocycles. The second kappa shape index (κ2) is 5.05.